The molecule has 0 amide bonds. The lowest BCUT2D eigenvalue weighted by Gasteiger charge is -2.20. The van der Waals surface area contributed by atoms with Crippen LogP contribution >= 0.6 is 36.4 Å². The predicted octanol–water partition coefficient (Wildman–Crippen LogP) is 2.31. The standard InChI is InChI=1S/C18H17ClN6O4S.2ClH/c19-15-8-23-17(24-18(20)21)14-6-12(3-4-13(14)15)30(28,29)25(10-16(26)27)9-11-2-1-5-22-7-11;;/h1-8H,9-10H2,(H,26,27)(H4,20,21,23,24);2*1H. The molecule has 0 unspecified atom stereocenters. The van der Waals surface area contributed by atoms with Gasteiger partial charge in [-0.25, -0.2) is 13.4 Å². The fraction of sp³-hybridized carbons (Fsp3) is 0.111. The van der Waals surface area contributed by atoms with Gasteiger partial charge in [-0.2, -0.15) is 9.30 Å². The van der Waals surface area contributed by atoms with Gasteiger partial charge in [-0.3, -0.25) is 9.78 Å². The minimum atomic E-state index is -4.20. The molecule has 0 radical (unpaired) electrons. The highest BCUT2D eigenvalue weighted by Gasteiger charge is 2.27. The first-order valence-electron chi connectivity index (χ1n) is 8.47. The summed E-state index contributed by atoms with van der Waals surface area (Å²) in [5.41, 5.74) is 11.4. The van der Waals surface area contributed by atoms with Gasteiger partial charge < -0.3 is 16.6 Å². The van der Waals surface area contributed by atoms with Crippen LogP contribution in [-0.2, 0) is 21.4 Å². The summed E-state index contributed by atoms with van der Waals surface area (Å²) >= 11 is 6.15. The first kappa shape index (κ1) is 27.3. The van der Waals surface area contributed by atoms with E-state index >= 15 is 0 Å². The number of pyridine rings is 2. The lowest BCUT2D eigenvalue weighted by molar-refractivity contribution is -0.137. The van der Waals surface area contributed by atoms with Gasteiger partial charge >= 0.3 is 5.97 Å². The molecule has 3 rings (SSSR count). The quantitative estimate of drug-likeness (QED) is 0.315. The lowest BCUT2D eigenvalue weighted by Crippen LogP contribution is -2.35. The van der Waals surface area contributed by atoms with Crippen molar-refractivity contribution < 1.29 is 18.3 Å². The third-order valence-electron chi connectivity index (χ3n) is 4.06. The number of fused-ring (bicyclic) bond motifs is 1. The Kier molecular flexibility index (Phi) is 9.61. The van der Waals surface area contributed by atoms with Crippen LogP contribution in [0.4, 0.5) is 5.82 Å². The molecule has 172 valence electrons. The Morgan fingerprint density at radius 3 is 2.47 bits per heavy atom. The Bertz CT molecular complexity index is 1240. The highest BCUT2D eigenvalue weighted by atomic mass is 35.5. The number of aliphatic carboxylic acids is 1. The van der Waals surface area contributed by atoms with Crippen LogP contribution in [0.25, 0.3) is 10.8 Å². The Morgan fingerprint density at radius 1 is 1.16 bits per heavy atom. The third-order valence-corrected chi connectivity index (χ3v) is 6.14. The largest absolute Gasteiger partial charge is 0.480 e. The number of hydrogen-bond donors (Lipinski definition) is 3. The molecule has 2 heterocycles. The second-order valence-electron chi connectivity index (χ2n) is 6.20. The summed E-state index contributed by atoms with van der Waals surface area (Å²) < 4.78 is 27.3. The van der Waals surface area contributed by atoms with Crippen LogP contribution in [0, 0.1) is 0 Å². The van der Waals surface area contributed by atoms with Gasteiger partial charge in [-0.15, -0.1) is 24.8 Å². The second-order valence-corrected chi connectivity index (χ2v) is 8.55. The topological polar surface area (TPSA) is 165 Å². The maximum Gasteiger partial charge on any atom is 0.318 e. The van der Waals surface area contributed by atoms with E-state index < -0.39 is 22.5 Å². The predicted molar refractivity (Wildman–Crippen MR) is 126 cm³/mol. The number of hydrogen-bond acceptors (Lipinski definition) is 6. The SMILES string of the molecule is Cl.Cl.NC(N)=Nc1ncc(Cl)c2ccc(S(=O)(=O)N(CC(=O)O)Cc3cccnc3)cc12. The Balaban J connectivity index is 0.00000256. The molecule has 10 nitrogen and oxygen atoms in total. The van der Waals surface area contributed by atoms with E-state index in [2.05, 4.69) is 15.0 Å². The van der Waals surface area contributed by atoms with E-state index in [4.69, 9.17) is 23.1 Å². The number of nitrogens with zero attached hydrogens (tertiary/aromatic N) is 4. The fourth-order valence-corrected chi connectivity index (χ4v) is 4.38. The number of sulfonamides is 1. The Hall–Kier alpha value is -2.70. The number of aromatic nitrogens is 2. The molecule has 32 heavy (non-hydrogen) atoms. The van der Waals surface area contributed by atoms with Crippen molar-refractivity contribution in [1.82, 2.24) is 14.3 Å². The van der Waals surface area contributed by atoms with Crippen molar-refractivity contribution in [3.8, 4) is 0 Å². The van der Waals surface area contributed by atoms with E-state index in [0.29, 0.717) is 16.3 Å². The molecular weight excluding hydrogens is 503 g/mol. The van der Waals surface area contributed by atoms with E-state index in [9.17, 15) is 18.3 Å². The minimum Gasteiger partial charge on any atom is -0.480 e. The maximum atomic E-state index is 13.2. The van der Waals surface area contributed by atoms with Crippen LogP contribution in [-0.4, -0.2) is 46.3 Å². The summed E-state index contributed by atoms with van der Waals surface area (Å²) in [6.07, 6.45) is 4.34. The highest BCUT2D eigenvalue weighted by molar-refractivity contribution is 7.89. The average molecular weight is 522 g/mol. The summed E-state index contributed by atoms with van der Waals surface area (Å²) in [6.45, 7) is -0.904. The number of aliphatic imine (C=N–C) groups is 1. The van der Waals surface area contributed by atoms with Gasteiger partial charge in [-0.1, -0.05) is 23.7 Å². The fourth-order valence-electron chi connectivity index (χ4n) is 2.77. The molecule has 1 aromatic carbocycles. The molecule has 0 saturated heterocycles. The van der Waals surface area contributed by atoms with Crippen molar-refractivity contribution >= 4 is 75.0 Å². The van der Waals surface area contributed by atoms with Gasteiger partial charge in [0.05, 0.1) is 9.92 Å². The smallest absolute Gasteiger partial charge is 0.318 e. The summed E-state index contributed by atoms with van der Waals surface area (Å²) in [4.78, 5) is 23.0. The van der Waals surface area contributed by atoms with Gasteiger partial charge in [0.25, 0.3) is 0 Å². The van der Waals surface area contributed by atoms with Gasteiger partial charge in [0.1, 0.15) is 6.54 Å². The molecule has 2 aromatic heterocycles. The first-order chi connectivity index (χ1) is 14.2. The normalized spacial score (nSPS) is 10.8. The molecule has 14 heteroatoms. The van der Waals surface area contributed by atoms with E-state index in [1.54, 1.807) is 12.1 Å². The lowest BCUT2D eigenvalue weighted by atomic mass is 10.1. The monoisotopic (exact) mass is 520 g/mol. The van der Waals surface area contributed by atoms with Crippen molar-refractivity contribution in [3.05, 3.63) is 59.5 Å². The maximum absolute atomic E-state index is 13.2. The molecule has 5 N–H and O–H groups in total. The van der Waals surface area contributed by atoms with Crippen molar-refractivity contribution in [3.63, 3.8) is 0 Å². The zero-order chi connectivity index (χ0) is 21.9. The van der Waals surface area contributed by atoms with E-state index in [1.165, 1.54) is 36.8 Å². The number of rotatable bonds is 7. The summed E-state index contributed by atoms with van der Waals surface area (Å²) in [5, 5.41) is 10.3. The van der Waals surface area contributed by atoms with Crippen LogP contribution in [0.1, 0.15) is 5.56 Å². The second kappa shape index (κ2) is 11.2. The number of nitrogens with two attached hydrogens (primary N) is 2. The van der Waals surface area contributed by atoms with Gasteiger partial charge in [-0.05, 0) is 23.8 Å². The molecule has 0 saturated carbocycles. The van der Waals surface area contributed by atoms with Gasteiger partial charge in [0, 0.05) is 35.9 Å². The van der Waals surface area contributed by atoms with Crippen molar-refractivity contribution in [1.29, 1.82) is 0 Å². The molecule has 0 bridgehead atoms. The van der Waals surface area contributed by atoms with Gasteiger partial charge in [0.15, 0.2) is 11.8 Å². The van der Waals surface area contributed by atoms with Crippen LogP contribution < -0.4 is 11.5 Å². The van der Waals surface area contributed by atoms with Crippen molar-refractivity contribution in [2.75, 3.05) is 6.54 Å². The van der Waals surface area contributed by atoms with Crippen molar-refractivity contribution in [2.45, 2.75) is 11.4 Å². The highest BCUT2D eigenvalue weighted by Crippen LogP contribution is 2.32. The molecule has 0 atom stereocenters. The zero-order valence-corrected chi connectivity index (χ0v) is 19.5. The van der Waals surface area contributed by atoms with Crippen LogP contribution in [0.3, 0.4) is 0 Å². The first-order valence-corrected chi connectivity index (χ1v) is 10.3. The molecule has 0 spiro atoms. The summed E-state index contributed by atoms with van der Waals surface area (Å²) in [6, 6.07) is 7.41. The number of carbonyl (C=O) groups is 1. The molecule has 3 aromatic rings. The molecular formula is C18H19Cl3N6O4S. The molecule has 0 aliphatic heterocycles. The van der Waals surface area contributed by atoms with E-state index in [0.717, 1.165) is 4.31 Å². The number of carboxylic acids is 1. The number of halogens is 3. The van der Waals surface area contributed by atoms with E-state index in [-0.39, 0.29) is 53.1 Å². The average Bonchev–Trinajstić information content (AvgIpc) is 2.69. The van der Waals surface area contributed by atoms with Crippen LogP contribution in [0.2, 0.25) is 5.02 Å². The Labute approximate surface area is 201 Å². The molecule has 0 fully saturated rings. The Morgan fingerprint density at radius 2 is 1.88 bits per heavy atom. The molecule has 0 aliphatic rings. The van der Waals surface area contributed by atoms with Crippen LogP contribution in [0.15, 0.2) is 58.8 Å². The van der Waals surface area contributed by atoms with Crippen LogP contribution in [0.5, 0.6) is 0 Å². The summed E-state index contributed by atoms with van der Waals surface area (Å²) in [5.74, 6) is -1.47. The minimum absolute atomic E-state index is 0. The number of carboxylic acid groups (broad SMARTS) is 1. The molecule has 0 aliphatic carbocycles. The number of benzene rings is 1. The summed E-state index contributed by atoms with van der Waals surface area (Å²) in [7, 11) is -4.20. The van der Waals surface area contributed by atoms with Gasteiger partial charge in [0.2, 0.25) is 10.0 Å². The zero-order valence-electron chi connectivity index (χ0n) is 16.3. The third kappa shape index (κ3) is 6.17. The number of guanidine groups is 1. The van der Waals surface area contributed by atoms with E-state index in [1.807, 2.05) is 0 Å². The van der Waals surface area contributed by atoms with Crippen molar-refractivity contribution in [2.24, 2.45) is 16.5 Å².